The summed E-state index contributed by atoms with van der Waals surface area (Å²) >= 11 is 0. The van der Waals surface area contributed by atoms with Crippen LogP contribution in [0.25, 0.3) is 22.1 Å². The number of aromatic nitrogens is 1. The second-order valence-electron chi connectivity index (χ2n) is 6.17. The fourth-order valence-corrected chi connectivity index (χ4v) is 2.98. The van der Waals surface area contributed by atoms with Gasteiger partial charge in [0.1, 0.15) is 17.2 Å². The summed E-state index contributed by atoms with van der Waals surface area (Å²) < 4.78 is 59.0. The van der Waals surface area contributed by atoms with Gasteiger partial charge in [0.15, 0.2) is 0 Å². The summed E-state index contributed by atoms with van der Waals surface area (Å²) in [5, 5.41) is 2.71. The largest absolute Gasteiger partial charge is 0.451 e. The van der Waals surface area contributed by atoms with E-state index >= 15 is 0 Å². The molecule has 0 aliphatic carbocycles. The highest BCUT2D eigenvalue weighted by atomic mass is 19.4. The molecule has 2 aromatic carbocycles. The maximum atomic E-state index is 13.7. The first-order chi connectivity index (χ1) is 13.8. The number of rotatable bonds is 3. The third-order valence-electron chi connectivity index (χ3n) is 4.27. The van der Waals surface area contributed by atoms with Gasteiger partial charge < -0.3 is 9.73 Å². The van der Waals surface area contributed by atoms with Crippen LogP contribution in [-0.4, -0.2) is 10.9 Å². The molecule has 4 rings (SSSR count). The van der Waals surface area contributed by atoms with Crippen LogP contribution in [0.3, 0.4) is 0 Å². The van der Waals surface area contributed by atoms with E-state index in [1.807, 2.05) is 0 Å². The first kappa shape index (κ1) is 18.7. The Labute approximate surface area is 161 Å². The molecule has 0 saturated carbocycles. The highest BCUT2D eigenvalue weighted by Crippen LogP contribution is 2.43. The number of amides is 1. The highest BCUT2D eigenvalue weighted by Gasteiger charge is 2.39. The molecule has 1 amide bonds. The molecule has 4 aromatic rings. The Morgan fingerprint density at radius 2 is 1.69 bits per heavy atom. The van der Waals surface area contributed by atoms with Crippen LogP contribution in [0.2, 0.25) is 0 Å². The molecule has 0 aliphatic heterocycles. The summed E-state index contributed by atoms with van der Waals surface area (Å²) in [5.41, 5.74) is -0.0240. The Balaban J connectivity index is 1.69. The molecule has 0 fully saturated rings. The zero-order chi connectivity index (χ0) is 20.6. The molecule has 0 unspecified atom stereocenters. The number of furan rings is 1. The lowest BCUT2D eigenvalue weighted by atomic mass is 10.0. The minimum atomic E-state index is -4.69. The molecule has 2 aromatic heterocycles. The van der Waals surface area contributed by atoms with Gasteiger partial charge in [-0.05, 0) is 30.3 Å². The molecule has 146 valence electrons. The number of hydrogen-bond donors (Lipinski definition) is 1. The molecule has 29 heavy (non-hydrogen) atoms. The van der Waals surface area contributed by atoms with Crippen LogP contribution in [0.1, 0.15) is 16.1 Å². The minimum absolute atomic E-state index is 0.0726. The zero-order valence-corrected chi connectivity index (χ0v) is 14.6. The van der Waals surface area contributed by atoms with Crippen LogP contribution >= 0.6 is 0 Å². The molecule has 0 saturated heterocycles. The van der Waals surface area contributed by atoms with Crippen molar-refractivity contribution in [3.63, 3.8) is 0 Å². The molecule has 0 bridgehead atoms. The molecule has 1 N–H and O–H groups in total. The van der Waals surface area contributed by atoms with Crippen molar-refractivity contribution in [2.45, 2.75) is 6.18 Å². The normalized spacial score (nSPS) is 11.6. The van der Waals surface area contributed by atoms with Gasteiger partial charge in [-0.1, -0.05) is 30.3 Å². The number of nitrogens with one attached hydrogen (secondary N) is 1. The summed E-state index contributed by atoms with van der Waals surface area (Å²) in [6.45, 7) is 0. The van der Waals surface area contributed by atoms with E-state index in [1.165, 1.54) is 48.7 Å². The molecular formula is C21H12F4N2O2. The number of halogens is 4. The molecule has 0 spiro atoms. The lowest BCUT2D eigenvalue weighted by Crippen LogP contribution is -2.14. The van der Waals surface area contributed by atoms with Crippen molar-refractivity contribution in [1.29, 1.82) is 0 Å². The highest BCUT2D eigenvalue weighted by molar-refractivity contribution is 6.04. The van der Waals surface area contributed by atoms with Crippen LogP contribution in [-0.2, 0) is 6.18 Å². The molecule has 0 radical (unpaired) electrons. The predicted octanol–water partition coefficient (Wildman–Crippen LogP) is 5.91. The summed E-state index contributed by atoms with van der Waals surface area (Å²) in [6.07, 6.45) is -3.49. The Morgan fingerprint density at radius 1 is 0.966 bits per heavy atom. The van der Waals surface area contributed by atoms with Crippen LogP contribution in [0, 0.1) is 5.82 Å². The van der Waals surface area contributed by atoms with Crippen molar-refractivity contribution >= 4 is 22.7 Å². The number of pyridine rings is 1. The minimum Gasteiger partial charge on any atom is -0.451 e. The van der Waals surface area contributed by atoms with Gasteiger partial charge in [0.25, 0.3) is 5.91 Å². The summed E-state index contributed by atoms with van der Waals surface area (Å²) in [7, 11) is 0. The van der Waals surface area contributed by atoms with E-state index in [1.54, 1.807) is 12.1 Å². The molecule has 2 heterocycles. The molecule has 4 nitrogen and oxygen atoms in total. The summed E-state index contributed by atoms with van der Waals surface area (Å²) in [5.74, 6) is -2.46. The lowest BCUT2D eigenvalue weighted by Gasteiger charge is -2.08. The van der Waals surface area contributed by atoms with E-state index in [4.69, 9.17) is 4.42 Å². The molecule has 8 heteroatoms. The number of alkyl halides is 3. The third kappa shape index (κ3) is 3.56. The van der Waals surface area contributed by atoms with Crippen LogP contribution < -0.4 is 5.32 Å². The smallest absolute Gasteiger partial charge is 0.450 e. The van der Waals surface area contributed by atoms with Crippen molar-refractivity contribution in [3.05, 3.63) is 84.0 Å². The van der Waals surface area contributed by atoms with Gasteiger partial charge in [-0.15, -0.1) is 0 Å². The topological polar surface area (TPSA) is 55.1 Å². The van der Waals surface area contributed by atoms with E-state index in [2.05, 4.69) is 10.3 Å². The van der Waals surface area contributed by atoms with Gasteiger partial charge in [-0.2, -0.15) is 13.2 Å². The number of hydrogen-bond acceptors (Lipinski definition) is 3. The van der Waals surface area contributed by atoms with Crippen molar-refractivity contribution in [2.24, 2.45) is 0 Å². The Hall–Kier alpha value is -3.68. The number of para-hydroxylation sites is 1. The first-order valence-corrected chi connectivity index (χ1v) is 8.45. The molecular weight excluding hydrogens is 388 g/mol. The average molecular weight is 400 g/mol. The number of anilines is 1. The Kier molecular flexibility index (Phi) is 4.54. The van der Waals surface area contributed by atoms with Gasteiger partial charge in [0.05, 0.1) is 5.56 Å². The van der Waals surface area contributed by atoms with Crippen LogP contribution in [0.15, 0.2) is 71.3 Å². The quantitative estimate of drug-likeness (QED) is 0.435. The van der Waals surface area contributed by atoms with E-state index < -0.39 is 23.7 Å². The molecule has 0 aliphatic rings. The second kappa shape index (κ2) is 7.05. The van der Waals surface area contributed by atoms with Gasteiger partial charge in [0, 0.05) is 22.7 Å². The van der Waals surface area contributed by atoms with Gasteiger partial charge in [-0.3, -0.25) is 4.79 Å². The van der Waals surface area contributed by atoms with Crippen LogP contribution in [0.5, 0.6) is 0 Å². The standard InChI is InChI=1S/C21H12F4N2O2/c22-15-7-3-1-5-13(15)20(28)27-17-10-9-12(11-26-17)18-14-6-2-4-8-16(14)29-19(18)21(23,24)25/h1-11H,(H,26,27,28). The zero-order valence-electron chi connectivity index (χ0n) is 14.6. The number of carbonyl (C=O) groups is 1. The fraction of sp³-hybridized carbons (Fsp3) is 0.0476. The van der Waals surface area contributed by atoms with E-state index in [-0.39, 0.29) is 28.1 Å². The van der Waals surface area contributed by atoms with Gasteiger partial charge in [-0.25, -0.2) is 9.37 Å². The lowest BCUT2D eigenvalue weighted by molar-refractivity contribution is -0.151. The van der Waals surface area contributed by atoms with E-state index in [0.717, 1.165) is 6.07 Å². The number of benzene rings is 2. The fourth-order valence-electron chi connectivity index (χ4n) is 2.98. The SMILES string of the molecule is O=C(Nc1ccc(-c2c(C(F)(F)F)oc3ccccc23)cn1)c1ccccc1F. The van der Waals surface area contributed by atoms with Crippen molar-refractivity contribution in [3.8, 4) is 11.1 Å². The Morgan fingerprint density at radius 3 is 2.38 bits per heavy atom. The average Bonchev–Trinajstić information content (AvgIpc) is 3.09. The van der Waals surface area contributed by atoms with E-state index in [9.17, 15) is 22.4 Å². The third-order valence-corrected chi connectivity index (χ3v) is 4.27. The number of nitrogens with zero attached hydrogens (tertiary/aromatic N) is 1. The summed E-state index contributed by atoms with van der Waals surface area (Å²) in [6, 6.07) is 14.3. The number of carbonyl (C=O) groups excluding carboxylic acids is 1. The molecule has 0 atom stereocenters. The van der Waals surface area contributed by atoms with Crippen molar-refractivity contribution in [2.75, 3.05) is 5.32 Å². The van der Waals surface area contributed by atoms with Crippen molar-refractivity contribution < 1.29 is 26.8 Å². The van der Waals surface area contributed by atoms with Gasteiger partial charge >= 0.3 is 6.18 Å². The predicted molar refractivity (Wildman–Crippen MR) is 98.8 cm³/mol. The number of fused-ring (bicyclic) bond motifs is 1. The van der Waals surface area contributed by atoms with E-state index in [0.29, 0.717) is 5.39 Å². The van der Waals surface area contributed by atoms with Gasteiger partial charge in [0.2, 0.25) is 5.76 Å². The van der Waals surface area contributed by atoms with Crippen LogP contribution in [0.4, 0.5) is 23.4 Å². The maximum Gasteiger partial charge on any atom is 0.450 e. The first-order valence-electron chi connectivity index (χ1n) is 8.45. The maximum absolute atomic E-state index is 13.7. The summed E-state index contributed by atoms with van der Waals surface area (Å²) in [4.78, 5) is 16.2. The Bertz CT molecular complexity index is 1200. The monoisotopic (exact) mass is 400 g/mol. The second-order valence-corrected chi connectivity index (χ2v) is 6.17. The van der Waals surface area contributed by atoms with Crippen molar-refractivity contribution in [1.82, 2.24) is 4.98 Å².